The van der Waals surface area contributed by atoms with Gasteiger partial charge >= 0.3 is 0 Å². The Kier molecular flexibility index (Phi) is 4.15. The molecule has 0 fully saturated rings. The molecule has 0 heterocycles. The Morgan fingerprint density at radius 3 is 2.39 bits per heavy atom. The Labute approximate surface area is 134 Å². The standard InChI is InChI=1S/C19H17NO3/c1-22-15-9-7-14(8-10-15)20-12-13-6-11-18(23-2)16-4-3-5-17(21)19(13)16/h3-12,21H,1-2H3. The monoisotopic (exact) mass is 307 g/mol. The third-order valence-electron chi connectivity index (χ3n) is 3.66. The van der Waals surface area contributed by atoms with Gasteiger partial charge in [-0.15, -0.1) is 0 Å². The summed E-state index contributed by atoms with van der Waals surface area (Å²) >= 11 is 0. The number of nitrogens with zero attached hydrogens (tertiary/aromatic N) is 1. The maximum Gasteiger partial charge on any atom is 0.126 e. The van der Waals surface area contributed by atoms with Crippen LogP contribution in [0.3, 0.4) is 0 Å². The molecule has 0 amide bonds. The van der Waals surface area contributed by atoms with E-state index in [2.05, 4.69) is 4.99 Å². The number of phenolic OH excluding ortho intramolecular Hbond substituents is 1. The Balaban J connectivity index is 2.04. The van der Waals surface area contributed by atoms with E-state index in [4.69, 9.17) is 9.47 Å². The van der Waals surface area contributed by atoms with Crippen molar-refractivity contribution in [1.82, 2.24) is 0 Å². The largest absolute Gasteiger partial charge is 0.507 e. The normalized spacial score (nSPS) is 11.0. The van der Waals surface area contributed by atoms with Gasteiger partial charge in [0.1, 0.15) is 17.2 Å². The minimum absolute atomic E-state index is 0.206. The van der Waals surface area contributed by atoms with E-state index in [-0.39, 0.29) is 5.75 Å². The smallest absolute Gasteiger partial charge is 0.126 e. The Bertz CT molecular complexity index is 854. The minimum Gasteiger partial charge on any atom is -0.507 e. The van der Waals surface area contributed by atoms with Crippen LogP contribution in [0.4, 0.5) is 5.69 Å². The highest BCUT2D eigenvalue weighted by Gasteiger charge is 2.08. The predicted octanol–water partition coefficient (Wildman–Crippen LogP) is 4.31. The van der Waals surface area contributed by atoms with Crippen LogP contribution in [0, 0.1) is 0 Å². The fourth-order valence-corrected chi connectivity index (χ4v) is 2.49. The third kappa shape index (κ3) is 2.97. The molecule has 0 aliphatic heterocycles. The molecule has 0 aliphatic rings. The number of phenols is 1. The van der Waals surface area contributed by atoms with Gasteiger partial charge in [-0.25, -0.2) is 0 Å². The first-order valence-corrected chi connectivity index (χ1v) is 7.19. The van der Waals surface area contributed by atoms with E-state index in [1.54, 1.807) is 32.6 Å². The number of fused-ring (bicyclic) bond motifs is 1. The number of aliphatic imine (C=N–C) groups is 1. The molecule has 4 heteroatoms. The van der Waals surface area contributed by atoms with Crippen LogP contribution in [0.15, 0.2) is 59.6 Å². The summed E-state index contributed by atoms with van der Waals surface area (Å²) in [6.45, 7) is 0. The summed E-state index contributed by atoms with van der Waals surface area (Å²) in [6.07, 6.45) is 1.74. The number of aromatic hydroxyl groups is 1. The van der Waals surface area contributed by atoms with Crippen molar-refractivity contribution >= 4 is 22.7 Å². The van der Waals surface area contributed by atoms with Gasteiger partial charge in [0.25, 0.3) is 0 Å². The van der Waals surface area contributed by atoms with Crippen LogP contribution >= 0.6 is 0 Å². The molecular formula is C19H17NO3. The second kappa shape index (κ2) is 6.40. The van der Waals surface area contributed by atoms with Gasteiger partial charge in [-0.05, 0) is 42.5 Å². The van der Waals surface area contributed by atoms with Crippen molar-refractivity contribution < 1.29 is 14.6 Å². The SMILES string of the molecule is COc1ccc(N=Cc2ccc(OC)c3cccc(O)c23)cc1. The van der Waals surface area contributed by atoms with Crippen molar-refractivity contribution in [2.45, 2.75) is 0 Å². The van der Waals surface area contributed by atoms with Crippen LogP contribution in [-0.2, 0) is 0 Å². The van der Waals surface area contributed by atoms with E-state index in [0.717, 1.165) is 33.5 Å². The predicted molar refractivity (Wildman–Crippen MR) is 92.4 cm³/mol. The molecule has 0 aromatic heterocycles. The first-order valence-electron chi connectivity index (χ1n) is 7.19. The fourth-order valence-electron chi connectivity index (χ4n) is 2.49. The highest BCUT2D eigenvalue weighted by molar-refractivity contribution is 6.05. The lowest BCUT2D eigenvalue weighted by Crippen LogP contribution is -1.90. The van der Waals surface area contributed by atoms with Crippen LogP contribution in [0.5, 0.6) is 17.2 Å². The van der Waals surface area contributed by atoms with Crippen molar-refractivity contribution in [2.75, 3.05) is 14.2 Å². The van der Waals surface area contributed by atoms with Crippen molar-refractivity contribution in [3.63, 3.8) is 0 Å². The molecule has 0 radical (unpaired) electrons. The number of hydrogen-bond acceptors (Lipinski definition) is 4. The molecule has 0 saturated heterocycles. The second-order valence-corrected chi connectivity index (χ2v) is 5.01. The summed E-state index contributed by atoms with van der Waals surface area (Å²) in [5.41, 5.74) is 1.64. The van der Waals surface area contributed by atoms with Crippen LogP contribution in [0.1, 0.15) is 5.56 Å². The molecule has 116 valence electrons. The van der Waals surface area contributed by atoms with Crippen molar-refractivity contribution in [3.05, 3.63) is 60.2 Å². The summed E-state index contributed by atoms with van der Waals surface area (Å²) in [5.74, 6) is 1.71. The highest BCUT2D eigenvalue weighted by atomic mass is 16.5. The van der Waals surface area contributed by atoms with Crippen LogP contribution in [-0.4, -0.2) is 25.5 Å². The van der Waals surface area contributed by atoms with Gasteiger partial charge in [0.15, 0.2) is 0 Å². The van der Waals surface area contributed by atoms with Crippen molar-refractivity contribution in [2.24, 2.45) is 4.99 Å². The number of methoxy groups -OCH3 is 2. The summed E-state index contributed by atoms with van der Waals surface area (Å²) in [6, 6.07) is 16.6. The maximum absolute atomic E-state index is 10.2. The van der Waals surface area contributed by atoms with E-state index in [1.165, 1.54) is 0 Å². The number of hydrogen-bond donors (Lipinski definition) is 1. The number of rotatable bonds is 4. The molecule has 1 N–H and O–H groups in total. The Morgan fingerprint density at radius 2 is 1.70 bits per heavy atom. The zero-order valence-electron chi connectivity index (χ0n) is 13.0. The molecule has 0 saturated carbocycles. The quantitative estimate of drug-likeness (QED) is 0.731. The van der Waals surface area contributed by atoms with Gasteiger partial charge in [-0.2, -0.15) is 0 Å². The van der Waals surface area contributed by atoms with Gasteiger partial charge in [0.2, 0.25) is 0 Å². The molecular weight excluding hydrogens is 290 g/mol. The average molecular weight is 307 g/mol. The van der Waals surface area contributed by atoms with E-state index in [1.807, 2.05) is 42.5 Å². The molecule has 0 aliphatic carbocycles. The lowest BCUT2D eigenvalue weighted by atomic mass is 10.0. The molecule has 23 heavy (non-hydrogen) atoms. The third-order valence-corrected chi connectivity index (χ3v) is 3.66. The molecule has 0 bridgehead atoms. The Morgan fingerprint density at radius 1 is 0.913 bits per heavy atom. The molecule has 3 aromatic carbocycles. The molecule has 0 unspecified atom stereocenters. The zero-order valence-corrected chi connectivity index (χ0v) is 13.0. The first kappa shape index (κ1) is 14.9. The van der Waals surface area contributed by atoms with E-state index in [0.29, 0.717) is 0 Å². The van der Waals surface area contributed by atoms with Crippen molar-refractivity contribution in [1.29, 1.82) is 0 Å². The van der Waals surface area contributed by atoms with Gasteiger partial charge in [-0.1, -0.05) is 12.1 Å². The minimum atomic E-state index is 0.206. The molecule has 3 aromatic rings. The van der Waals surface area contributed by atoms with E-state index in [9.17, 15) is 5.11 Å². The summed E-state index contributed by atoms with van der Waals surface area (Å²) in [7, 11) is 3.24. The fraction of sp³-hybridized carbons (Fsp3) is 0.105. The molecule has 3 rings (SSSR count). The van der Waals surface area contributed by atoms with Gasteiger partial charge < -0.3 is 14.6 Å². The molecule has 4 nitrogen and oxygen atoms in total. The maximum atomic E-state index is 10.2. The topological polar surface area (TPSA) is 51.0 Å². The number of benzene rings is 3. The highest BCUT2D eigenvalue weighted by Crippen LogP contribution is 2.34. The second-order valence-electron chi connectivity index (χ2n) is 5.01. The molecule has 0 spiro atoms. The number of ether oxygens (including phenoxy) is 2. The zero-order chi connectivity index (χ0) is 16.2. The Hall–Kier alpha value is -3.01. The lowest BCUT2D eigenvalue weighted by Gasteiger charge is -2.09. The van der Waals surface area contributed by atoms with E-state index < -0.39 is 0 Å². The summed E-state index contributed by atoms with van der Waals surface area (Å²) in [4.78, 5) is 4.47. The van der Waals surface area contributed by atoms with Crippen LogP contribution in [0.25, 0.3) is 10.8 Å². The van der Waals surface area contributed by atoms with Crippen molar-refractivity contribution in [3.8, 4) is 17.2 Å². The summed E-state index contributed by atoms with van der Waals surface area (Å²) < 4.78 is 10.5. The summed E-state index contributed by atoms with van der Waals surface area (Å²) in [5, 5.41) is 11.8. The van der Waals surface area contributed by atoms with Crippen LogP contribution < -0.4 is 9.47 Å². The lowest BCUT2D eigenvalue weighted by molar-refractivity contribution is 0.415. The van der Waals surface area contributed by atoms with Gasteiger partial charge in [0.05, 0.1) is 19.9 Å². The van der Waals surface area contributed by atoms with Crippen LogP contribution in [0.2, 0.25) is 0 Å². The van der Waals surface area contributed by atoms with Gasteiger partial charge in [0, 0.05) is 22.6 Å². The molecule has 0 atom stereocenters. The van der Waals surface area contributed by atoms with Gasteiger partial charge in [-0.3, -0.25) is 4.99 Å². The first-order chi connectivity index (χ1) is 11.2. The average Bonchev–Trinajstić information content (AvgIpc) is 2.60. The van der Waals surface area contributed by atoms with E-state index >= 15 is 0 Å².